The molecular weight excluding hydrogens is 1940 g/mol. The van der Waals surface area contributed by atoms with Gasteiger partial charge in [-0.15, -0.1) is 45.3 Å². The van der Waals surface area contributed by atoms with Gasteiger partial charge in [-0.25, -0.2) is 29.5 Å². The molecule has 1 saturated carbocycles. The third kappa shape index (κ3) is 27.7. The molecule has 1 aromatic carbocycles. The Morgan fingerprint density at radius 1 is 0.457 bits per heavy atom. The summed E-state index contributed by atoms with van der Waals surface area (Å²) in [5.74, 6) is -0.775. The van der Waals surface area contributed by atoms with Crippen molar-refractivity contribution >= 4 is 119 Å². The van der Waals surface area contributed by atoms with Gasteiger partial charge in [0.25, 0.3) is 23.6 Å². The van der Waals surface area contributed by atoms with Gasteiger partial charge in [-0.05, 0) is 114 Å². The van der Waals surface area contributed by atoms with Crippen molar-refractivity contribution in [1.29, 1.82) is 0 Å². The van der Waals surface area contributed by atoms with E-state index >= 15 is 0 Å². The van der Waals surface area contributed by atoms with Crippen molar-refractivity contribution in [2.45, 2.75) is 77.8 Å². The molecule has 1 aliphatic rings. The van der Waals surface area contributed by atoms with Gasteiger partial charge in [0.1, 0.15) is 95.1 Å². The van der Waals surface area contributed by atoms with E-state index in [2.05, 4.69) is 102 Å². The number of amides is 4. The molecule has 1 aliphatic carbocycles. The predicted molar refractivity (Wildman–Crippen MR) is 512 cm³/mol. The van der Waals surface area contributed by atoms with Crippen molar-refractivity contribution in [2.24, 2.45) is 28.2 Å². The smallest absolute Gasteiger partial charge is 0.497 e. The van der Waals surface area contributed by atoms with Crippen LogP contribution in [-0.4, -0.2) is 202 Å². The number of aryl methyl sites for hydroxylation is 4. The summed E-state index contributed by atoms with van der Waals surface area (Å²) in [6.07, 6.45) is 25.8. The Morgan fingerprint density at radius 3 is 1.11 bits per heavy atom. The second-order valence-corrected chi connectivity index (χ2v) is 38.2. The maximum absolute atomic E-state index is 13.0. The van der Waals surface area contributed by atoms with Crippen LogP contribution in [0, 0.1) is 0 Å². The van der Waals surface area contributed by atoms with Crippen LogP contribution in [0.1, 0.15) is 95.0 Å². The average molecular weight is 2030 g/mol. The van der Waals surface area contributed by atoms with Crippen molar-refractivity contribution in [1.82, 2.24) is 118 Å². The molecule has 17 aromatic rings. The first kappa shape index (κ1) is 104. The molecule has 4 amide bonds. The number of benzene rings is 1. The van der Waals surface area contributed by atoms with Gasteiger partial charge in [0, 0.05) is 146 Å². The number of ether oxygens (including phenoxy) is 4. The molecule has 18 rings (SSSR count). The molecule has 1 fully saturated rings. The Bertz CT molecular complexity index is 7240. The summed E-state index contributed by atoms with van der Waals surface area (Å²) in [4.78, 5) is 129. The molecule has 140 heavy (non-hydrogen) atoms. The Hall–Kier alpha value is -13.1. The van der Waals surface area contributed by atoms with Gasteiger partial charge in [0.15, 0.2) is 0 Å². The van der Waals surface area contributed by atoms with Crippen LogP contribution in [0.25, 0.3) is 87.8 Å². The molecule has 16 aromatic heterocycles. The van der Waals surface area contributed by atoms with E-state index in [1.54, 1.807) is 184 Å². The summed E-state index contributed by atoms with van der Waals surface area (Å²) in [5, 5.41) is 54.1. The number of carbonyl (C=O) groups excluding carboxylic acids is 6. The van der Waals surface area contributed by atoms with Crippen LogP contribution >= 0.6 is 60.5 Å². The van der Waals surface area contributed by atoms with Crippen molar-refractivity contribution in [3.8, 4) is 93.6 Å². The van der Waals surface area contributed by atoms with Crippen molar-refractivity contribution < 1.29 is 135 Å². The molecule has 6 N–H and O–H groups in total. The number of pyridine rings is 4. The van der Waals surface area contributed by atoms with E-state index < -0.39 is 51.1 Å². The van der Waals surface area contributed by atoms with Crippen LogP contribution < -0.4 is 85.1 Å². The fourth-order valence-corrected chi connectivity index (χ4v) is 18.1. The summed E-state index contributed by atoms with van der Waals surface area (Å²) in [5.41, 5.74) is 9.98. The zero-order valence-corrected chi connectivity index (χ0v) is 86.4. The number of carbonyl (C=O) groups is 6. The number of methoxy groups -OCH3 is 1. The normalized spacial score (nSPS) is 11.9. The summed E-state index contributed by atoms with van der Waals surface area (Å²) < 4.78 is 67.8. The van der Waals surface area contributed by atoms with Gasteiger partial charge in [-0.2, -0.15) is 50.2 Å². The first-order chi connectivity index (χ1) is 66.3. The summed E-state index contributed by atoms with van der Waals surface area (Å²) in [6, 6.07) is 29.4. The zero-order valence-electron chi connectivity index (χ0n) is 77.3. The molecule has 0 spiro atoms. The third-order valence-corrected chi connectivity index (χ3v) is 25.7. The Kier molecular flexibility index (Phi) is 34.8. The molecule has 16 heterocycles. The largest absolute Gasteiger partial charge is 1.00 e. The quantitative estimate of drug-likeness (QED) is 0.0174. The number of aromatic nitrogens is 24. The molecular formula is C88H88N28Na2O16P2S4+2. The maximum Gasteiger partial charge on any atom is 1.00 e. The summed E-state index contributed by atoms with van der Waals surface area (Å²) >= 11 is 5.08. The number of anilines is 4. The van der Waals surface area contributed by atoms with Gasteiger partial charge >= 0.3 is 86.5 Å². The van der Waals surface area contributed by atoms with Crippen molar-refractivity contribution in [2.75, 3.05) is 48.2 Å². The topological polar surface area (TPSA) is 526 Å². The van der Waals surface area contributed by atoms with E-state index in [0.717, 1.165) is 38.2 Å². The number of hydrogen-bond donors (Lipinski definition) is 6. The van der Waals surface area contributed by atoms with E-state index in [4.69, 9.17) is 37.8 Å². The van der Waals surface area contributed by atoms with Crippen LogP contribution in [0.15, 0.2) is 218 Å². The van der Waals surface area contributed by atoms with E-state index in [-0.39, 0.29) is 125 Å². The maximum atomic E-state index is 13.0. The third-order valence-electron chi connectivity index (χ3n) is 19.5. The van der Waals surface area contributed by atoms with Crippen LogP contribution in [0.2, 0.25) is 0 Å². The average Bonchev–Trinajstić information content (AvgIpc) is 1.66. The number of nitrogens with one attached hydrogen (secondary N) is 4. The molecule has 44 nitrogen and oxygen atoms in total. The van der Waals surface area contributed by atoms with Gasteiger partial charge in [0.05, 0.1) is 104 Å². The van der Waals surface area contributed by atoms with Crippen molar-refractivity contribution in [3.63, 3.8) is 0 Å². The van der Waals surface area contributed by atoms with Crippen LogP contribution in [-0.2, 0) is 79.8 Å². The minimum atomic E-state index is -4.24. The minimum Gasteiger partial charge on any atom is -0.497 e. The Balaban J connectivity index is 0.000000158. The van der Waals surface area contributed by atoms with Crippen LogP contribution in [0.3, 0.4) is 0 Å². The fraction of sp³-hybridized carbons (Fsp3) is 0.227. The van der Waals surface area contributed by atoms with Crippen LogP contribution in [0.5, 0.6) is 5.75 Å². The standard InChI is InChI=1S/C29H29N7O5S.C21H24N7O4PS.C21H19N7O3S.C17H16N7O4PS.2Na/c1-29(2,18-40-16-19-8-10-21(39-4)11-9-19)41-28(38)36-14-20(13-31-36)27-33-24(17-42-27)26(37)32-23-15-35(3)34-25(23)22-7-5-6-12-30-22;1-4-31-33(30,32-5-2)14-28-11-15(10-23-28)21-25-18(13-34-21)20(29)24-17-12-27(3)26-19(17)16-8-6-7-9-22-16;1-21(6-7-21)31-20(30)28-10-13(9-23-28)19-25-16(12-32-19)18(29)24-15-11-27(2)26-17(15)14-5-3-4-8-22-14;1-23-8-13(15(22-23)12-4-2-3-5-18-12)20-16(25)14-9-30-17(21-14)11-6-19-24(7-11)10-29(26,27)28;;/h5-15,17H,16,18H2,1-4H3,(H,32,37);6-13H,4-5,14H2,1-3H3,(H,24,29);3-5,8-12H,6-7H2,1-2H3,(H,24,29);2-9H,10H2,1H3,(H,20,25)(H2,26,27,28);;/q;;;;2*+1. The van der Waals surface area contributed by atoms with Gasteiger partial charge in [-0.1, -0.05) is 36.4 Å². The molecule has 0 aliphatic heterocycles. The molecule has 52 heteroatoms. The Morgan fingerprint density at radius 2 is 0.793 bits per heavy atom. The number of hydrogen-bond acceptors (Lipinski definition) is 34. The minimum absolute atomic E-state index is 0. The van der Waals surface area contributed by atoms with Crippen molar-refractivity contribution in [3.05, 3.63) is 246 Å². The first-order valence-corrected chi connectivity index (χ1v) is 49.0. The van der Waals surface area contributed by atoms with E-state index in [1.165, 1.54) is 81.0 Å². The van der Waals surface area contributed by atoms with E-state index in [9.17, 15) is 37.9 Å². The SMILES string of the molecule is CCOP(=O)(Cn1cc(-c2nc(C(=O)Nc3cn(C)nc3-c3ccccn3)cs2)cn1)OCC.COc1ccc(COCC(C)(C)OC(=O)n2cc(-c3nc(C(=O)Nc4cn(C)nc4-c4ccccn4)cs3)cn2)cc1.Cn1cc(NC(=O)c2csc(-c3cnn(C(=O)OC4(C)CC4)c3)n2)c(-c2ccccn2)n1.Cn1cc(NC(=O)c2csc(-c3cnn(CP(=O)(O)O)c3)n2)c(-c2ccccn2)n1.[Na+].[Na+]. The Labute approximate surface area is 858 Å². The second-order valence-electron chi connectivity index (χ2n) is 31.2. The van der Waals surface area contributed by atoms with E-state index in [1.807, 2.05) is 91.9 Å². The monoisotopic (exact) mass is 2030 g/mol. The molecule has 0 unspecified atom stereocenters. The van der Waals surface area contributed by atoms with Gasteiger partial charge < -0.3 is 59.0 Å². The fourth-order valence-electron chi connectivity index (χ4n) is 12.9. The number of rotatable bonds is 31. The molecule has 0 radical (unpaired) electrons. The molecule has 710 valence electrons. The molecule has 0 atom stereocenters. The second kappa shape index (κ2) is 46.8. The van der Waals surface area contributed by atoms with Gasteiger partial charge in [-0.3, -0.25) is 76.3 Å². The van der Waals surface area contributed by atoms with Gasteiger partial charge in [0.2, 0.25) is 0 Å². The summed E-state index contributed by atoms with van der Waals surface area (Å²) in [7, 11) is 1.15. The number of nitrogens with zero attached hydrogens (tertiary/aromatic N) is 24. The predicted octanol–water partition coefficient (Wildman–Crippen LogP) is 9.11. The zero-order chi connectivity index (χ0) is 97.4. The van der Waals surface area contributed by atoms with E-state index in [0.29, 0.717) is 117 Å². The number of thiazole rings is 4. The molecule has 0 bridgehead atoms. The molecule has 0 saturated heterocycles. The summed E-state index contributed by atoms with van der Waals surface area (Å²) in [6.45, 7) is 10.0. The first-order valence-electron chi connectivity index (χ1n) is 41.9. The van der Waals surface area contributed by atoms with Crippen LogP contribution in [0.4, 0.5) is 32.3 Å².